The fourth-order valence-corrected chi connectivity index (χ4v) is 0. The first-order valence-electron chi connectivity index (χ1n) is 0.478. The van der Waals surface area contributed by atoms with Gasteiger partial charge in [-0.3, -0.25) is 0 Å². The summed E-state index contributed by atoms with van der Waals surface area (Å²) < 4.78 is 24.0. The number of hydrogen-bond donors (Lipinski definition) is 1. The molecule has 0 bridgehead atoms. The largest absolute Gasteiger partial charge is 0.321 e. The van der Waals surface area contributed by atoms with Gasteiger partial charge in [0.1, 0.15) is 0 Å². The minimum absolute atomic E-state index is 0. The van der Waals surface area contributed by atoms with Gasteiger partial charge in [-0.2, -0.15) is 0 Å². The summed E-state index contributed by atoms with van der Waals surface area (Å²) in [6, 6.07) is 0. The normalized spacial score (nSPS) is 6.00. The van der Waals surface area contributed by atoms with Crippen molar-refractivity contribution in [2.75, 3.05) is 0 Å². The van der Waals surface area contributed by atoms with Crippen LogP contribution in [0.2, 0.25) is 0 Å². The summed E-state index contributed by atoms with van der Waals surface area (Å²) in [4.78, 5) is 0. The molecule has 0 saturated heterocycles. The Labute approximate surface area is 50.2 Å². The smallest absolute Gasteiger partial charge is 0.282 e. The third-order valence-electron chi connectivity index (χ3n) is 0. The lowest BCUT2D eigenvalue weighted by Gasteiger charge is -1.72. The molecule has 0 atom stereocenters. The number of halogens is 3. The van der Waals surface area contributed by atoms with Crippen molar-refractivity contribution < 1.29 is 24.8 Å². The van der Waals surface area contributed by atoms with Crippen LogP contribution in [0.15, 0.2) is 0 Å². The maximum absolute atomic E-state index is 8.52. The lowest BCUT2D eigenvalue weighted by molar-refractivity contribution is -1.63. The molecule has 0 spiro atoms. The molecule has 0 amide bonds. The van der Waals surface area contributed by atoms with E-state index < -0.39 is 10.8 Å². The van der Waals surface area contributed by atoms with Crippen molar-refractivity contribution >= 4 is 24.8 Å². The Kier molecular flexibility index (Phi) is 24.4. The number of rotatable bonds is 0. The quantitative estimate of drug-likeness (QED) is 0.438. The maximum atomic E-state index is 8.52. The van der Waals surface area contributed by atoms with Crippen LogP contribution in [0.5, 0.6) is 0 Å². The van der Waals surface area contributed by atoms with E-state index >= 15 is 0 Å². The summed E-state index contributed by atoms with van der Waals surface area (Å²) in [5.74, 6) is 0. The molecule has 0 aromatic carbocycles. The van der Waals surface area contributed by atoms with E-state index in [1.807, 2.05) is 0 Å². The average Bonchev–Trinajstić information content (AvgIpc) is 0.811. The zero-order chi connectivity index (χ0) is 3.58. The molecule has 6 heteroatoms. The van der Waals surface area contributed by atoms with Gasteiger partial charge in [0.05, 0.1) is 0 Å². The van der Waals surface area contributed by atoms with E-state index in [9.17, 15) is 0 Å². The second-order valence-corrected chi connectivity index (χ2v) is 0.603. The van der Waals surface area contributed by atoms with Crippen LogP contribution in [-0.4, -0.2) is 4.66 Å². The predicted octanol–water partition coefficient (Wildman–Crippen LogP) is -2.09. The van der Waals surface area contributed by atoms with E-state index in [1.165, 1.54) is 0 Å². The van der Waals surface area contributed by atoms with Gasteiger partial charge in [0.2, 0.25) is 0 Å². The van der Waals surface area contributed by atoms with E-state index in [1.54, 1.807) is 0 Å². The van der Waals surface area contributed by atoms with Crippen LogP contribution >= 0.6 is 24.8 Å². The van der Waals surface area contributed by atoms with Gasteiger partial charge in [-0.1, -0.05) is 0 Å². The lowest BCUT2D eigenvalue weighted by Crippen LogP contribution is -2.30. The summed E-state index contributed by atoms with van der Waals surface area (Å²) in [6.07, 6.45) is 0. The molecule has 42 valence electrons. The second-order valence-electron chi connectivity index (χ2n) is 0.201. The molecule has 0 aliphatic rings. The second kappa shape index (κ2) is 9.23. The third-order valence-corrected chi connectivity index (χ3v) is 0. The fraction of sp³-hybridized carbons (Fsp3) is 0. The molecule has 0 heterocycles. The summed E-state index contributed by atoms with van der Waals surface area (Å²) in [6.45, 7) is 0. The molecule has 0 fully saturated rings. The van der Waals surface area contributed by atoms with Crippen LogP contribution < -0.4 is 9.32 Å². The minimum Gasteiger partial charge on any atom is -0.321 e. The highest BCUT2D eigenvalue weighted by atomic mass is 35.6. The molecule has 6 heavy (non-hydrogen) atoms. The molecular weight excluding hydrogens is 154 g/mol. The Hall–Kier alpha value is 0.750. The summed E-state index contributed by atoms with van der Waals surface area (Å²) in [7, 11) is -2.60. The zero-order valence-electron chi connectivity index (χ0n) is 2.46. The summed E-state index contributed by atoms with van der Waals surface area (Å²) in [5, 5.41) is 0. The molecule has 0 radical (unpaired) electrons. The van der Waals surface area contributed by atoms with Crippen LogP contribution in [-0.2, 0) is 0 Å². The molecule has 0 aromatic heterocycles. The minimum atomic E-state index is -2.60. The highest BCUT2D eigenvalue weighted by Crippen LogP contribution is 1.38. The summed E-state index contributed by atoms with van der Waals surface area (Å²) >= 11 is 0. The molecule has 0 aliphatic carbocycles. The first-order chi connectivity index (χ1) is 1.73. The zero-order valence-corrected chi connectivity index (χ0v) is 4.85. The Morgan fingerprint density at radius 1 is 1.17 bits per heavy atom. The van der Waals surface area contributed by atoms with Crippen LogP contribution in [0, 0.1) is 10.8 Å². The highest BCUT2D eigenvalue weighted by Gasteiger charge is 1.79. The van der Waals surface area contributed by atoms with Crippen LogP contribution in [0.1, 0.15) is 0 Å². The van der Waals surface area contributed by atoms with E-state index in [4.69, 9.17) is 14.0 Å². The van der Waals surface area contributed by atoms with Crippen LogP contribution in [0.3, 0.4) is 0 Å². The van der Waals surface area contributed by atoms with Gasteiger partial charge in [0.15, 0.2) is 0 Å². The Bertz CT molecular complexity index is 10.8. The summed E-state index contributed by atoms with van der Waals surface area (Å²) in [5.41, 5.74) is 0. The van der Waals surface area contributed by atoms with Crippen molar-refractivity contribution in [3.05, 3.63) is 0 Å². The van der Waals surface area contributed by atoms with Crippen LogP contribution in [0.4, 0.5) is 0 Å². The van der Waals surface area contributed by atoms with Crippen molar-refractivity contribution in [3.8, 4) is 0 Å². The van der Waals surface area contributed by atoms with E-state index in [0.717, 1.165) is 0 Å². The molecule has 0 aliphatic heterocycles. The van der Waals surface area contributed by atoms with E-state index in [-0.39, 0.29) is 24.8 Å². The molecule has 3 nitrogen and oxygen atoms in total. The molecule has 0 unspecified atom stereocenters. The van der Waals surface area contributed by atoms with E-state index in [0.29, 0.717) is 0 Å². The van der Waals surface area contributed by atoms with Crippen molar-refractivity contribution in [1.29, 1.82) is 0 Å². The van der Waals surface area contributed by atoms with Crippen molar-refractivity contribution in [2.24, 2.45) is 0 Å². The van der Waals surface area contributed by atoms with Gasteiger partial charge < -0.3 is 9.32 Å². The number of hydrogen-bond acceptors (Lipinski definition) is 3. The standard InChI is InChI=1S/ClHO3.2ClH/c2-1(3)4;;/h2H;2*1H. The lowest BCUT2D eigenvalue weighted by atomic mass is 15.8. The monoisotopic (exact) mass is 156 g/mol. The SMILES string of the molecule is Cl.Cl.[O-][Cl+2]([O-])O. The molecular formula is H3Cl3O3. The van der Waals surface area contributed by atoms with Gasteiger partial charge in [0, 0.05) is 4.66 Å². The third kappa shape index (κ3) is 119. The molecule has 0 saturated carbocycles. The molecule has 0 aromatic rings. The van der Waals surface area contributed by atoms with Gasteiger partial charge >= 0.3 is 0 Å². The first-order valence-corrected chi connectivity index (χ1v) is 1.43. The van der Waals surface area contributed by atoms with Crippen molar-refractivity contribution in [2.45, 2.75) is 0 Å². The Morgan fingerprint density at radius 3 is 1.17 bits per heavy atom. The van der Waals surface area contributed by atoms with Gasteiger partial charge in [-0.25, -0.2) is 0 Å². The first kappa shape index (κ1) is 15.9. The Morgan fingerprint density at radius 2 is 1.17 bits per heavy atom. The average molecular weight is 157 g/mol. The molecule has 1 N–H and O–H groups in total. The van der Waals surface area contributed by atoms with Gasteiger partial charge in [-0.05, 0) is 0 Å². The van der Waals surface area contributed by atoms with Crippen molar-refractivity contribution in [3.63, 3.8) is 0 Å². The van der Waals surface area contributed by atoms with Gasteiger partial charge in [0.25, 0.3) is 10.8 Å². The van der Waals surface area contributed by atoms with E-state index in [2.05, 4.69) is 0 Å². The van der Waals surface area contributed by atoms with Crippen molar-refractivity contribution in [1.82, 2.24) is 0 Å². The maximum Gasteiger partial charge on any atom is 0.282 e. The Balaban J connectivity index is -0.0000000450. The van der Waals surface area contributed by atoms with Gasteiger partial charge in [-0.15, -0.1) is 24.8 Å². The fourth-order valence-electron chi connectivity index (χ4n) is 0. The van der Waals surface area contributed by atoms with Crippen LogP contribution in [0.25, 0.3) is 0 Å². The molecule has 0 rings (SSSR count). The predicted molar refractivity (Wildman–Crippen MR) is 16.7 cm³/mol. The topological polar surface area (TPSA) is 66.3 Å². The highest BCUT2D eigenvalue weighted by molar-refractivity contribution is 5.85.